The number of nitrogens with two attached hydrogens (primary N) is 1. The first-order valence-electron chi connectivity index (χ1n) is 6.15. The smallest absolute Gasteiger partial charge is 0.130 e. The van der Waals surface area contributed by atoms with Crippen molar-refractivity contribution in [3.8, 4) is 11.5 Å². The molecule has 0 aliphatic heterocycles. The highest BCUT2D eigenvalue weighted by Crippen LogP contribution is 2.24. The first kappa shape index (κ1) is 13.4. The van der Waals surface area contributed by atoms with E-state index in [1.807, 2.05) is 37.3 Å². The molecule has 4 heteroatoms. The van der Waals surface area contributed by atoms with Crippen molar-refractivity contribution in [3.05, 3.63) is 53.3 Å². The number of pyridine rings is 1. The van der Waals surface area contributed by atoms with Crippen molar-refractivity contribution in [3.63, 3.8) is 0 Å². The molecule has 0 spiro atoms. The standard InChI is InChI=1S/C15H18N2O2/c1-11-4-3-7-17-14(11)10-19-15-6-5-13(18-2)8-12(15)9-16/h3-8H,9-10,16H2,1-2H3. The lowest BCUT2D eigenvalue weighted by Gasteiger charge is -2.12. The summed E-state index contributed by atoms with van der Waals surface area (Å²) in [7, 11) is 1.63. The Morgan fingerprint density at radius 3 is 2.79 bits per heavy atom. The van der Waals surface area contributed by atoms with E-state index >= 15 is 0 Å². The number of aryl methyl sites for hydroxylation is 1. The number of nitrogens with zero attached hydrogens (tertiary/aromatic N) is 1. The summed E-state index contributed by atoms with van der Waals surface area (Å²) in [6, 6.07) is 9.56. The average Bonchev–Trinajstić information content (AvgIpc) is 2.46. The summed E-state index contributed by atoms with van der Waals surface area (Å²) in [6.07, 6.45) is 1.77. The molecule has 0 amide bonds. The molecule has 1 aromatic carbocycles. The molecule has 0 radical (unpaired) electrons. The number of hydrogen-bond donors (Lipinski definition) is 1. The zero-order valence-electron chi connectivity index (χ0n) is 11.2. The Hall–Kier alpha value is -2.07. The number of benzene rings is 1. The van der Waals surface area contributed by atoms with E-state index in [4.69, 9.17) is 15.2 Å². The van der Waals surface area contributed by atoms with Crippen molar-refractivity contribution in [2.75, 3.05) is 7.11 Å². The first-order chi connectivity index (χ1) is 9.24. The van der Waals surface area contributed by atoms with Crippen LogP contribution in [0.15, 0.2) is 36.5 Å². The molecular weight excluding hydrogens is 240 g/mol. The van der Waals surface area contributed by atoms with Crippen LogP contribution in [-0.4, -0.2) is 12.1 Å². The largest absolute Gasteiger partial charge is 0.497 e. The third-order valence-corrected chi connectivity index (χ3v) is 2.97. The minimum atomic E-state index is 0.410. The Morgan fingerprint density at radius 2 is 2.11 bits per heavy atom. The Balaban J connectivity index is 2.13. The number of aromatic nitrogens is 1. The van der Waals surface area contributed by atoms with E-state index in [0.717, 1.165) is 28.3 Å². The van der Waals surface area contributed by atoms with E-state index < -0.39 is 0 Å². The molecule has 1 heterocycles. The van der Waals surface area contributed by atoms with Gasteiger partial charge in [0.05, 0.1) is 12.8 Å². The maximum Gasteiger partial charge on any atom is 0.130 e. The third-order valence-electron chi connectivity index (χ3n) is 2.97. The molecule has 0 saturated carbocycles. The maximum atomic E-state index is 5.80. The molecule has 100 valence electrons. The van der Waals surface area contributed by atoms with E-state index in [9.17, 15) is 0 Å². The van der Waals surface area contributed by atoms with Gasteiger partial charge in [0.2, 0.25) is 0 Å². The summed E-state index contributed by atoms with van der Waals surface area (Å²) in [6.45, 7) is 2.86. The van der Waals surface area contributed by atoms with Crippen molar-refractivity contribution in [1.82, 2.24) is 4.98 Å². The molecule has 19 heavy (non-hydrogen) atoms. The zero-order valence-corrected chi connectivity index (χ0v) is 11.2. The number of ether oxygens (including phenoxy) is 2. The summed E-state index contributed by atoms with van der Waals surface area (Å²) in [5.41, 5.74) is 8.69. The van der Waals surface area contributed by atoms with Crippen LogP contribution in [0.4, 0.5) is 0 Å². The Morgan fingerprint density at radius 1 is 1.26 bits per heavy atom. The van der Waals surface area contributed by atoms with Gasteiger partial charge < -0.3 is 15.2 Å². The van der Waals surface area contributed by atoms with Crippen molar-refractivity contribution in [2.45, 2.75) is 20.1 Å². The van der Waals surface area contributed by atoms with Gasteiger partial charge in [0.25, 0.3) is 0 Å². The van der Waals surface area contributed by atoms with Crippen LogP contribution in [0.5, 0.6) is 11.5 Å². The minimum absolute atomic E-state index is 0.410. The molecule has 0 fully saturated rings. The Labute approximate surface area is 113 Å². The highest BCUT2D eigenvalue weighted by Gasteiger charge is 2.06. The summed E-state index contributed by atoms with van der Waals surface area (Å²) in [5.74, 6) is 1.55. The van der Waals surface area contributed by atoms with Crippen LogP contribution in [0, 0.1) is 6.92 Å². The minimum Gasteiger partial charge on any atom is -0.497 e. The monoisotopic (exact) mass is 258 g/mol. The summed E-state index contributed by atoms with van der Waals surface area (Å²) >= 11 is 0. The molecule has 2 rings (SSSR count). The molecule has 0 aliphatic carbocycles. The van der Waals surface area contributed by atoms with Crippen LogP contribution in [0.2, 0.25) is 0 Å². The maximum absolute atomic E-state index is 5.80. The van der Waals surface area contributed by atoms with Crippen molar-refractivity contribution >= 4 is 0 Å². The van der Waals surface area contributed by atoms with E-state index in [0.29, 0.717) is 13.2 Å². The van der Waals surface area contributed by atoms with Gasteiger partial charge in [-0.1, -0.05) is 6.07 Å². The third kappa shape index (κ3) is 3.23. The SMILES string of the molecule is COc1ccc(OCc2ncccc2C)c(CN)c1. The number of hydrogen-bond acceptors (Lipinski definition) is 4. The van der Waals surface area contributed by atoms with Crippen molar-refractivity contribution < 1.29 is 9.47 Å². The molecule has 2 N–H and O–H groups in total. The van der Waals surface area contributed by atoms with Crippen LogP contribution in [-0.2, 0) is 13.2 Å². The average molecular weight is 258 g/mol. The predicted molar refractivity (Wildman–Crippen MR) is 74.2 cm³/mol. The van der Waals surface area contributed by atoms with Gasteiger partial charge in [-0.15, -0.1) is 0 Å². The summed E-state index contributed by atoms with van der Waals surface area (Å²) in [5, 5.41) is 0. The summed E-state index contributed by atoms with van der Waals surface area (Å²) < 4.78 is 11.0. The molecule has 2 aromatic rings. The van der Waals surface area contributed by atoms with Gasteiger partial charge in [0.15, 0.2) is 0 Å². The van der Waals surface area contributed by atoms with Gasteiger partial charge in [-0.25, -0.2) is 0 Å². The van der Waals surface area contributed by atoms with Crippen LogP contribution in [0.25, 0.3) is 0 Å². The molecule has 0 bridgehead atoms. The first-order valence-corrected chi connectivity index (χ1v) is 6.15. The van der Waals surface area contributed by atoms with Gasteiger partial charge in [-0.05, 0) is 36.8 Å². The molecule has 4 nitrogen and oxygen atoms in total. The van der Waals surface area contributed by atoms with Crippen LogP contribution in [0.3, 0.4) is 0 Å². The van der Waals surface area contributed by atoms with Gasteiger partial charge >= 0.3 is 0 Å². The highest BCUT2D eigenvalue weighted by atomic mass is 16.5. The van der Waals surface area contributed by atoms with Gasteiger partial charge in [-0.2, -0.15) is 0 Å². The predicted octanol–water partition coefficient (Wildman–Crippen LogP) is 2.44. The van der Waals surface area contributed by atoms with Gasteiger partial charge in [0.1, 0.15) is 18.1 Å². The second kappa shape index (κ2) is 6.20. The second-order valence-electron chi connectivity index (χ2n) is 4.23. The fourth-order valence-corrected chi connectivity index (χ4v) is 1.80. The number of rotatable bonds is 5. The van der Waals surface area contributed by atoms with E-state index in [1.165, 1.54) is 0 Å². The lowest BCUT2D eigenvalue weighted by atomic mass is 10.2. The van der Waals surface area contributed by atoms with Gasteiger partial charge in [0, 0.05) is 18.3 Å². The van der Waals surface area contributed by atoms with Crippen molar-refractivity contribution in [1.29, 1.82) is 0 Å². The van der Waals surface area contributed by atoms with Crippen LogP contribution >= 0.6 is 0 Å². The zero-order chi connectivity index (χ0) is 13.7. The van der Waals surface area contributed by atoms with Gasteiger partial charge in [-0.3, -0.25) is 4.98 Å². The van der Waals surface area contributed by atoms with E-state index in [1.54, 1.807) is 13.3 Å². The van der Waals surface area contributed by atoms with Crippen molar-refractivity contribution in [2.24, 2.45) is 5.73 Å². The normalized spacial score (nSPS) is 10.3. The Kier molecular flexibility index (Phi) is 4.36. The van der Waals surface area contributed by atoms with Crippen LogP contribution in [0.1, 0.15) is 16.8 Å². The molecule has 0 atom stereocenters. The second-order valence-corrected chi connectivity index (χ2v) is 4.23. The fourth-order valence-electron chi connectivity index (χ4n) is 1.80. The quantitative estimate of drug-likeness (QED) is 0.895. The molecule has 1 aromatic heterocycles. The number of methoxy groups -OCH3 is 1. The lowest BCUT2D eigenvalue weighted by Crippen LogP contribution is -2.05. The molecule has 0 unspecified atom stereocenters. The molecule has 0 saturated heterocycles. The Bertz CT molecular complexity index is 556. The highest BCUT2D eigenvalue weighted by molar-refractivity contribution is 5.40. The summed E-state index contributed by atoms with van der Waals surface area (Å²) in [4.78, 5) is 4.30. The molecular formula is C15H18N2O2. The van der Waals surface area contributed by atoms with Crippen LogP contribution < -0.4 is 15.2 Å². The topological polar surface area (TPSA) is 57.4 Å². The molecule has 0 aliphatic rings. The lowest BCUT2D eigenvalue weighted by molar-refractivity contribution is 0.296. The van der Waals surface area contributed by atoms with E-state index in [-0.39, 0.29) is 0 Å². The fraction of sp³-hybridized carbons (Fsp3) is 0.267. The van der Waals surface area contributed by atoms with E-state index in [2.05, 4.69) is 4.98 Å².